The van der Waals surface area contributed by atoms with Gasteiger partial charge in [0.15, 0.2) is 0 Å². The van der Waals surface area contributed by atoms with Crippen molar-refractivity contribution in [3.05, 3.63) is 56.2 Å². The van der Waals surface area contributed by atoms with Crippen molar-refractivity contribution in [1.29, 1.82) is 0 Å². The van der Waals surface area contributed by atoms with Crippen LogP contribution in [0.5, 0.6) is 0 Å². The standard InChI is InChI=1S/C13H12ClN3O4/c1-7-8(2)21-11(16-7)6-15-13(18)9-4-3-5-10(12(9)14)17(19)20/h3-5H,6H2,1-2H3,(H,15,18). The Bertz CT molecular complexity index is 692. The number of amides is 1. The van der Waals surface area contributed by atoms with Crippen LogP contribution in [0.1, 0.15) is 27.7 Å². The summed E-state index contributed by atoms with van der Waals surface area (Å²) in [6.45, 7) is 3.64. The van der Waals surface area contributed by atoms with Gasteiger partial charge in [-0.2, -0.15) is 0 Å². The number of carbonyl (C=O) groups excluding carboxylic acids is 1. The molecule has 0 aliphatic heterocycles. The molecule has 21 heavy (non-hydrogen) atoms. The molecule has 0 atom stereocenters. The fourth-order valence-corrected chi connectivity index (χ4v) is 1.98. The predicted molar refractivity (Wildman–Crippen MR) is 75.3 cm³/mol. The fourth-order valence-electron chi connectivity index (χ4n) is 1.70. The molecule has 0 radical (unpaired) electrons. The summed E-state index contributed by atoms with van der Waals surface area (Å²) in [6, 6.07) is 4.05. The van der Waals surface area contributed by atoms with Crippen LogP contribution in [0.15, 0.2) is 22.6 Å². The summed E-state index contributed by atoms with van der Waals surface area (Å²) in [6.07, 6.45) is 0. The number of rotatable bonds is 4. The highest BCUT2D eigenvalue weighted by Crippen LogP contribution is 2.27. The molecule has 1 amide bonds. The maximum absolute atomic E-state index is 12.0. The van der Waals surface area contributed by atoms with Gasteiger partial charge in [-0.25, -0.2) is 4.98 Å². The van der Waals surface area contributed by atoms with Gasteiger partial charge in [0.25, 0.3) is 11.6 Å². The summed E-state index contributed by atoms with van der Waals surface area (Å²) < 4.78 is 5.33. The van der Waals surface area contributed by atoms with Crippen molar-refractivity contribution in [2.24, 2.45) is 0 Å². The van der Waals surface area contributed by atoms with E-state index in [1.165, 1.54) is 18.2 Å². The molecule has 1 aromatic heterocycles. The quantitative estimate of drug-likeness (QED) is 0.691. The maximum Gasteiger partial charge on any atom is 0.288 e. The van der Waals surface area contributed by atoms with Crippen molar-refractivity contribution in [2.75, 3.05) is 0 Å². The van der Waals surface area contributed by atoms with Crippen LogP contribution in [0.3, 0.4) is 0 Å². The second kappa shape index (κ2) is 5.92. The number of carbonyl (C=O) groups is 1. The predicted octanol–water partition coefficient (Wildman–Crippen LogP) is 2.78. The summed E-state index contributed by atoms with van der Waals surface area (Å²) in [4.78, 5) is 26.3. The van der Waals surface area contributed by atoms with Crippen LogP contribution in [0.2, 0.25) is 5.02 Å². The lowest BCUT2D eigenvalue weighted by Gasteiger charge is -2.05. The lowest BCUT2D eigenvalue weighted by Crippen LogP contribution is -2.23. The van der Waals surface area contributed by atoms with Crippen molar-refractivity contribution in [2.45, 2.75) is 20.4 Å². The van der Waals surface area contributed by atoms with E-state index in [2.05, 4.69) is 10.3 Å². The molecule has 1 N–H and O–H groups in total. The van der Waals surface area contributed by atoms with E-state index in [-0.39, 0.29) is 22.8 Å². The van der Waals surface area contributed by atoms with Gasteiger partial charge in [-0.3, -0.25) is 14.9 Å². The van der Waals surface area contributed by atoms with E-state index < -0.39 is 10.8 Å². The van der Waals surface area contributed by atoms with Crippen molar-refractivity contribution < 1.29 is 14.1 Å². The largest absolute Gasteiger partial charge is 0.444 e. The van der Waals surface area contributed by atoms with Gasteiger partial charge < -0.3 is 9.73 Å². The molecule has 0 spiro atoms. The van der Waals surface area contributed by atoms with Crippen LogP contribution < -0.4 is 5.32 Å². The number of oxazole rings is 1. The van der Waals surface area contributed by atoms with Crippen LogP contribution in [-0.4, -0.2) is 15.8 Å². The van der Waals surface area contributed by atoms with Crippen LogP contribution in [-0.2, 0) is 6.54 Å². The average Bonchev–Trinajstić information content (AvgIpc) is 2.75. The number of halogens is 1. The Kier molecular flexibility index (Phi) is 4.23. The minimum Gasteiger partial charge on any atom is -0.444 e. The SMILES string of the molecule is Cc1nc(CNC(=O)c2cccc([N+](=O)[O-])c2Cl)oc1C. The third kappa shape index (κ3) is 3.19. The normalized spacial score (nSPS) is 10.4. The van der Waals surface area contributed by atoms with Crippen molar-refractivity contribution in [1.82, 2.24) is 10.3 Å². The van der Waals surface area contributed by atoms with Gasteiger partial charge in [-0.15, -0.1) is 0 Å². The summed E-state index contributed by atoms with van der Waals surface area (Å²) in [5, 5.41) is 13.1. The molecule has 0 unspecified atom stereocenters. The minimum atomic E-state index is -0.639. The zero-order valence-electron chi connectivity index (χ0n) is 11.3. The molecule has 8 heteroatoms. The van der Waals surface area contributed by atoms with Gasteiger partial charge >= 0.3 is 0 Å². The van der Waals surface area contributed by atoms with Crippen molar-refractivity contribution in [3.8, 4) is 0 Å². The highest BCUT2D eigenvalue weighted by Gasteiger charge is 2.20. The van der Waals surface area contributed by atoms with Crippen molar-refractivity contribution >= 4 is 23.2 Å². The zero-order valence-corrected chi connectivity index (χ0v) is 12.1. The molecule has 0 saturated carbocycles. The van der Waals surface area contributed by atoms with Crippen LogP contribution in [0, 0.1) is 24.0 Å². The summed E-state index contributed by atoms with van der Waals surface area (Å²) >= 11 is 5.87. The molecule has 0 fully saturated rings. The molecule has 110 valence electrons. The monoisotopic (exact) mass is 309 g/mol. The fraction of sp³-hybridized carbons (Fsp3) is 0.231. The van der Waals surface area contributed by atoms with Crippen LogP contribution in [0.25, 0.3) is 0 Å². The summed E-state index contributed by atoms with van der Waals surface area (Å²) in [5.41, 5.74) is 0.464. The van der Waals surface area contributed by atoms with E-state index in [1.807, 2.05) is 0 Å². The first kappa shape index (κ1) is 15.0. The highest BCUT2D eigenvalue weighted by molar-refractivity contribution is 6.35. The second-order valence-corrected chi connectivity index (χ2v) is 4.71. The Morgan fingerprint density at radius 1 is 1.48 bits per heavy atom. The Hall–Kier alpha value is -2.41. The number of nitrogens with zero attached hydrogens (tertiary/aromatic N) is 2. The highest BCUT2D eigenvalue weighted by atomic mass is 35.5. The van der Waals surface area contributed by atoms with Crippen LogP contribution >= 0.6 is 11.6 Å². The third-order valence-corrected chi connectivity index (χ3v) is 3.29. The van der Waals surface area contributed by atoms with Crippen molar-refractivity contribution in [3.63, 3.8) is 0 Å². The molecule has 0 aliphatic rings. The van der Waals surface area contributed by atoms with Crippen LogP contribution in [0.4, 0.5) is 5.69 Å². The van der Waals surface area contributed by atoms with E-state index in [9.17, 15) is 14.9 Å². The Balaban J connectivity index is 2.14. The maximum atomic E-state index is 12.0. The Morgan fingerprint density at radius 3 is 2.76 bits per heavy atom. The molecule has 0 aliphatic carbocycles. The third-order valence-electron chi connectivity index (χ3n) is 2.89. The molecule has 7 nitrogen and oxygen atoms in total. The number of hydrogen-bond acceptors (Lipinski definition) is 5. The Morgan fingerprint density at radius 2 is 2.19 bits per heavy atom. The van der Waals surface area contributed by atoms with Gasteiger partial charge in [0.2, 0.25) is 5.89 Å². The molecule has 0 saturated heterocycles. The molecule has 0 bridgehead atoms. The molecule has 2 rings (SSSR count). The zero-order chi connectivity index (χ0) is 15.6. The molecular formula is C13H12ClN3O4. The Labute approximate surface area is 125 Å². The first-order valence-corrected chi connectivity index (χ1v) is 6.42. The number of nitro benzene ring substituents is 1. The summed E-state index contributed by atoms with van der Waals surface area (Å²) in [7, 11) is 0. The lowest BCUT2D eigenvalue weighted by atomic mass is 10.2. The smallest absolute Gasteiger partial charge is 0.288 e. The van der Waals surface area contributed by atoms with Gasteiger partial charge in [0.1, 0.15) is 10.8 Å². The number of benzene rings is 1. The lowest BCUT2D eigenvalue weighted by molar-refractivity contribution is -0.384. The average molecular weight is 310 g/mol. The molecular weight excluding hydrogens is 298 g/mol. The van der Waals surface area contributed by atoms with Gasteiger partial charge in [0, 0.05) is 6.07 Å². The number of nitrogens with one attached hydrogen (secondary N) is 1. The topological polar surface area (TPSA) is 98.3 Å². The first-order valence-electron chi connectivity index (χ1n) is 6.04. The van der Waals surface area contributed by atoms with E-state index in [1.54, 1.807) is 13.8 Å². The minimum absolute atomic E-state index is 0.0332. The first-order chi connectivity index (χ1) is 9.90. The molecule has 2 aromatic rings. The van der Waals surface area contributed by atoms with E-state index >= 15 is 0 Å². The number of aromatic nitrogens is 1. The number of nitro groups is 1. The van der Waals surface area contributed by atoms with E-state index in [0.717, 1.165) is 5.69 Å². The summed E-state index contributed by atoms with van der Waals surface area (Å²) in [5.74, 6) is 0.504. The number of hydrogen-bond donors (Lipinski definition) is 1. The van der Waals surface area contributed by atoms with E-state index in [4.69, 9.17) is 16.0 Å². The van der Waals surface area contributed by atoms with Gasteiger partial charge in [-0.05, 0) is 19.9 Å². The van der Waals surface area contributed by atoms with Gasteiger partial charge in [-0.1, -0.05) is 17.7 Å². The van der Waals surface area contributed by atoms with E-state index in [0.29, 0.717) is 11.7 Å². The van der Waals surface area contributed by atoms with Gasteiger partial charge in [0.05, 0.1) is 22.7 Å². The molecule has 1 heterocycles. The molecule has 1 aromatic carbocycles. The second-order valence-electron chi connectivity index (χ2n) is 4.33. The number of aryl methyl sites for hydroxylation is 2.